The Morgan fingerprint density at radius 1 is 1.67 bits per heavy atom. The van der Waals surface area contributed by atoms with Crippen molar-refractivity contribution in [3.8, 4) is 0 Å². The number of aliphatic hydroxyl groups excluding tert-OH is 1. The van der Waals surface area contributed by atoms with E-state index in [0.717, 1.165) is 16.6 Å². The lowest BCUT2D eigenvalue weighted by molar-refractivity contribution is 0.300. The van der Waals surface area contributed by atoms with Crippen LogP contribution in [0.15, 0.2) is 4.34 Å². The van der Waals surface area contributed by atoms with Crippen molar-refractivity contribution in [3.05, 3.63) is 5.82 Å². The van der Waals surface area contributed by atoms with Gasteiger partial charge in [-0.3, -0.25) is 0 Å². The lowest BCUT2D eigenvalue weighted by Gasteiger charge is -2.01. The lowest BCUT2D eigenvalue weighted by Crippen LogP contribution is -2.00. The summed E-state index contributed by atoms with van der Waals surface area (Å²) in [5.74, 6) is 0.896. The van der Waals surface area contributed by atoms with Gasteiger partial charge in [0.2, 0.25) is 0 Å². The van der Waals surface area contributed by atoms with Crippen LogP contribution < -0.4 is 0 Å². The van der Waals surface area contributed by atoms with E-state index < -0.39 is 0 Å². The van der Waals surface area contributed by atoms with Gasteiger partial charge in [-0.2, -0.15) is 4.37 Å². The van der Waals surface area contributed by atoms with E-state index >= 15 is 0 Å². The van der Waals surface area contributed by atoms with Gasteiger partial charge in [-0.15, -0.1) is 0 Å². The Balaban J connectivity index is 2.52. The normalized spacial score (nSPS) is 13.2. The summed E-state index contributed by atoms with van der Waals surface area (Å²) in [6.07, 6.45) is 0.880. The number of aromatic nitrogens is 2. The molecule has 1 N–H and O–H groups in total. The number of hydrogen-bond donors (Lipinski definition) is 1. The van der Waals surface area contributed by atoms with E-state index in [2.05, 4.69) is 9.36 Å². The molecule has 12 heavy (non-hydrogen) atoms. The smallest absolute Gasteiger partial charge is 0.170 e. The Labute approximate surface area is 80.4 Å². The number of rotatable bonds is 4. The second-order valence-electron chi connectivity index (χ2n) is 2.44. The van der Waals surface area contributed by atoms with Crippen LogP contribution >= 0.6 is 23.3 Å². The number of aryl methyl sites for hydroxylation is 1. The average Bonchev–Trinajstić information content (AvgIpc) is 2.52. The van der Waals surface area contributed by atoms with E-state index in [4.69, 9.17) is 5.11 Å². The molecule has 0 aliphatic heterocycles. The van der Waals surface area contributed by atoms with E-state index in [1.54, 1.807) is 11.8 Å². The standard InChI is InChI=1S/C7H12N2OS2/c1-3-6-8-7(12-9-6)11-5(2)4-10/h5,10H,3-4H2,1-2H3. The van der Waals surface area contributed by atoms with Crippen molar-refractivity contribution in [3.63, 3.8) is 0 Å². The molecule has 0 aliphatic carbocycles. The molecule has 0 amide bonds. The van der Waals surface area contributed by atoms with Crippen molar-refractivity contribution < 1.29 is 5.11 Å². The summed E-state index contributed by atoms with van der Waals surface area (Å²) in [6.45, 7) is 4.19. The van der Waals surface area contributed by atoms with Gasteiger partial charge in [-0.25, -0.2) is 4.98 Å². The van der Waals surface area contributed by atoms with Crippen molar-refractivity contribution >= 4 is 23.3 Å². The maximum atomic E-state index is 8.80. The van der Waals surface area contributed by atoms with Crippen molar-refractivity contribution in [2.24, 2.45) is 0 Å². The predicted molar refractivity (Wildman–Crippen MR) is 51.7 cm³/mol. The zero-order valence-electron chi connectivity index (χ0n) is 7.15. The third kappa shape index (κ3) is 2.73. The highest BCUT2D eigenvalue weighted by molar-refractivity contribution is 8.01. The van der Waals surface area contributed by atoms with E-state index in [1.807, 2.05) is 13.8 Å². The van der Waals surface area contributed by atoms with Crippen LogP contribution in [0.4, 0.5) is 0 Å². The van der Waals surface area contributed by atoms with Crippen LogP contribution in [0.1, 0.15) is 19.7 Å². The molecule has 68 valence electrons. The molecule has 1 rings (SSSR count). The van der Waals surface area contributed by atoms with Crippen molar-refractivity contribution in [1.29, 1.82) is 0 Å². The molecule has 0 saturated carbocycles. The van der Waals surface area contributed by atoms with Gasteiger partial charge in [0.25, 0.3) is 0 Å². The first kappa shape index (κ1) is 9.95. The number of hydrogen-bond acceptors (Lipinski definition) is 5. The SMILES string of the molecule is CCc1nsc(SC(C)CO)n1. The fourth-order valence-electron chi connectivity index (χ4n) is 0.639. The summed E-state index contributed by atoms with van der Waals surface area (Å²) in [5, 5.41) is 9.01. The number of nitrogens with zero attached hydrogens (tertiary/aromatic N) is 2. The lowest BCUT2D eigenvalue weighted by atomic mass is 10.5. The third-order valence-corrected chi connectivity index (χ3v) is 3.23. The van der Waals surface area contributed by atoms with Gasteiger partial charge in [-0.1, -0.05) is 25.6 Å². The maximum Gasteiger partial charge on any atom is 0.170 e. The van der Waals surface area contributed by atoms with E-state index in [9.17, 15) is 0 Å². The first-order valence-corrected chi connectivity index (χ1v) is 5.51. The first-order chi connectivity index (χ1) is 5.76. The van der Waals surface area contributed by atoms with Crippen LogP contribution in [0.5, 0.6) is 0 Å². The molecule has 1 atom stereocenters. The molecular formula is C7H12N2OS2. The second-order valence-corrected chi connectivity index (χ2v) is 4.88. The monoisotopic (exact) mass is 204 g/mol. The van der Waals surface area contributed by atoms with Crippen molar-refractivity contribution in [1.82, 2.24) is 9.36 Å². The summed E-state index contributed by atoms with van der Waals surface area (Å²) in [4.78, 5) is 4.28. The Morgan fingerprint density at radius 2 is 2.42 bits per heavy atom. The fourth-order valence-corrected chi connectivity index (χ4v) is 2.49. The van der Waals surface area contributed by atoms with Gasteiger partial charge in [0, 0.05) is 11.7 Å². The molecular weight excluding hydrogens is 192 g/mol. The van der Waals surface area contributed by atoms with Crippen LogP contribution in [0, 0.1) is 0 Å². The third-order valence-electron chi connectivity index (χ3n) is 1.32. The summed E-state index contributed by atoms with van der Waals surface area (Å²) >= 11 is 2.98. The van der Waals surface area contributed by atoms with Gasteiger partial charge in [0.05, 0.1) is 6.61 Å². The zero-order chi connectivity index (χ0) is 8.97. The van der Waals surface area contributed by atoms with Crippen LogP contribution in [-0.4, -0.2) is 26.3 Å². The van der Waals surface area contributed by atoms with E-state index in [-0.39, 0.29) is 11.9 Å². The molecule has 0 spiro atoms. The second kappa shape index (κ2) is 4.79. The molecule has 1 heterocycles. The first-order valence-electron chi connectivity index (χ1n) is 3.86. The Bertz CT molecular complexity index is 239. The van der Waals surface area contributed by atoms with Gasteiger partial charge in [-0.05, 0) is 11.5 Å². The predicted octanol–water partition coefficient (Wildman–Crippen LogP) is 1.57. The van der Waals surface area contributed by atoms with E-state index in [1.165, 1.54) is 11.5 Å². The van der Waals surface area contributed by atoms with Crippen LogP contribution in [0.2, 0.25) is 0 Å². The highest BCUT2D eigenvalue weighted by atomic mass is 32.2. The largest absolute Gasteiger partial charge is 0.395 e. The molecule has 5 heteroatoms. The molecule has 1 aromatic rings. The highest BCUT2D eigenvalue weighted by Gasteiger charge is 2.07. The Morgan fingerprint density at radius 3 is 2.92 bits per heavy atom. The summed E-state index contributed by atoms with van der Waals surface area (Å²) in [7, 11) is 0. The number of aliphatic hydroxyl groups is 1. The molecule has 0 radical (unpaired) electrons. The zero-order valence-corrected chi connectivity index (χ0v) is 8.78. The maximum absolute atomic E-state index is 8.80. The van der Waals surface area contributed by atoms with Crippen LogP contribution in [0.25, 0.3) is 0 Å². The molecule has 0 aliphatic rings. The summed E-state index contributed by atoms with van der Waals surface area (Å²) < 4.78 is 5.10. The molecule has 0 fully saturated rings. The average molecular weight is 204 g/mol. The fraction of sp³-hybridized carbons (Fsp3) is 0.714. The van der Waals surface area contributed by atoms with Crippen LogP contribution in [0.3, 0.4) is 0 Å². The molecule has 0 aromatic carbocycles. The minimum Gasteiger partial charge on any atom is -0.395 e. The highest BCUT2D eigenvalue weighted by Crippen LogP contribution is 2.24. The Hall–Kier alpha value is -0.130. The molecule has 1 unspecified atom stereocenters. The van der Waals surface area contributed by atoms with Gasteiger partial charge < -0.3 is 5.11 Å². The van der Waals surface area contributed by atoms with Gasteiger partial charge >= 0.3 is 0 Å². The minimum absolute atomic E-state index is 0.186. The topological polar surface area (TPSA) is 46.0 Å². The van der Waals surface area contributed by atoms with E-state index in [0.29, 0.717) is 0 Å². The van der Waals surface area contributed by atoms with Crippen LogP contribution in [-0.2, 0) is 6.42 Å². The minimum atomic E-state index is 0.186. The van der Waals surface area contributed by atoms with Crippen molar-refractivity contribution in [2.45, 2.75) is 29.9 Å². The summed E-state index contributed by atoms with van der Waals surface area (Å²) in [5.41, 5.74) is 0. The van der Waals surface area contributed by atoms with Crippen molar-refractivity contribution in [2.75, 3.05) is 6.61 Å². The molecule has 0 bridgehead atoms. The molecule has 3 nitrogen and oxygen atoms in total. The summed E-state index contributed by atoms with van der Waals surface area (Å²) in [6, 6.07) is 0. The Kier molecular flexibility index (Phi) is 3.97. The molecule has 0 saturated heterocycles. The van der Waals surface area contributed by atoms with Gasteiger partial charge in [0.1, 0.15) is 5.82 Å². The quantitative estimate of drug-likeness (QED) is 0.756. The number of thioether (sulfide) groups is 1. The molecule has 1 aromatic heterocycles. The van der Waals surface area contributed by atoms with Gasteiger partial charge in [0.15, 0.2) is 4.34 Å².